The fourth-order valence-corrected chi connectivity index (χ4v) is 3.03. The Balaban J connectivity index is 1.74. The highest BCUT2D eigenvalue weighted by Crippen LogP contribution is 2.39. The van der Waals surface area contributed by atoms with Crippen LogP contribution in [0, 0.1) is 0 Å². The SMILES string of the molecule is COc1ccc(-c2cc(C(=O)N/N=C\c3ccc(OC)c(OC)c3OC)[nH]n2)cc1OC. The van der Waals surface area contributed by atoms with Crippen LogP contribution >= 0.6 is 0 Å². The van der Waals surface area contributed by atoms with Gasteiger partial charge >= 0.3 is 0 Å². The summed E-state index contributed by atoms with van der Waals surface area (Å²) in [5.74, 6) is 2.09. The second-order valence-electron chi connectivity index (χ2n) is 6.36. The molecule has 3 rings (SSSR count). The number of H-pyrrole nitrogens is 1. The summed E-state index contributed by atoms with van der Waals surface area (Å²) in [4.78, 5) is 12.5. The zero-order valence-corrected chi connectivity index (χ0v) is 18.4. The molecule has 0 aliphatic rings. The summed E-state index contributed by atoms with van der Waals surface area (Å²) in [6, 6.07) is 10.4. The molecule has 0 bridgehead atoms. The molecule has 168 valence electrons. The Morgan fingerprint density at radius 3 is 2.22 bits per heavy atom. The molecule has 0 saturated heterocycles. The number of methoxy groups -OCH3 is 5. The largest absolute Gasteiger partial charge is 0.493 e. The van der Waals surface area contributed by atoms with Gasteiger partial charge in [-0.15, -0.1) is 0 Å². The lowest BCUT2D eigenvalue weighted by Gasteiger charge is -2.13. The third-order valence-electron chi connectivity index (χ3n) is 4.61. The van der Waals surface area contributed by atoms with Crippen LogP contribution in [0.3, 0.4) is 0 Å². The van der Waals surface area contributed by atoms with Crippen LogP contribution in [0.5, 0.6) is 28.7 Å². The highest BCUT2D eigenvalue weighted by atomic mass is 16.5. The molecule has 0 saturated carbocycles. The topological polar surface area (TPSA) is 116 Å². The van der Waals surface area contributed by atoms with Crippen LogP contribution in [0.15, 0.2) is 41.5 Å². The van der Waals surface area contributed by atoms with Gasteiger partial charge in [-0.1, -0.05) is 0 Å². The Hall–Kier alpha value is -4.21. The van der Waals surface area contributed by atoms with Gasteiger partial charge in [-0.05, 0) is 36.4 Å². The van der Waals surface area contributed by atoms with Crippen molar-refractivity contribution in [1.29, 1.82) is 0 Å². The van der Waals surface area contributed by atoms with Gasteiger partial charge in [0, 0.05) is 11.1 Å². The number of benzene rings is 2. The number of hydrazone groups is 1. The third-order valence-corrected chi connectivity index (χ3v) is 4.61. The van der Waals surface area contributed by atoms with E-state index in [0.29, 0.717) is 40.0 Å². The fourth-order valence-electron chi connectivity index (χ4n) is 3.03. The lowest BCUT2D eigenvalue weighted by molar-refractivity contribution is 0.0950. The Morgan fingerprint density at radius 1 is 0.875 bits per heavy atom. The minimum Gasteiger partial charge on any atom is -0.493 e. The molecular formula is C22H24N4O6. The number of aromatic nitrogens is 2. The number of hydrogen-bond donors (Lipinski definition) is 2. The van der Waals surface area contributed by atoms with Gasteiger partial charge in [-0.25, -0.2) is 5.43 Å². The van der Waals surface area contributed by atoms with Crippen LogP contribution in [0.4, 0.5) is 0 Å². The molecule has 0 aliphatic carbocycles. The van der Waals surface area contributed by atoms with Crippen LogP contribution < -0.4 is 29.1 Å². The number of rotatable bonds is 9. The lowest BCUT2D eigenvalue weighted by Crippen LogP contribution is -2.18. The molecule has 10 nitrogen and oxygen atoms in total. The first-order valence-electron chi connectivity index (χ1n) is 9.46. The number of carbonyl (C=O) groups is 1. The van der Waals surface area contributed by atoms with Gasteiger partial charge in [0.25, 0.3) is 5.91 Å². The van der Waals surface area contributed by atoms with E-state index in [1.165, 1.54) is 27.5 Å². The average Bonchev–Trinajstić information content (AvgIpc) is 3.33. The van der Waals surface area contributed by atoms with Crippen LogP contribution in [-0.4, -0.2) is 57.9 Å². The van der Waals surface area contributed by atoms with E-state index in [1.807, 2.05) is 6.07 Å². The Labute approximate surface area is 185 Å². The first-order valence-corrected chi connectivity index (χ1v) is 9.46. The van der Waals surface area contributed by atoms with Gasteiger partial charge in [0.1, 0.15) is 5.69 Å². The lowest BCUT2D eigenvalue weighted by atomic mass is 10.1. The molecule has 2 aromatic carbocycles. The van der Waals surface area contributed by atoms with Crippen molar-refractivity contribution in [3.05, 3.63) is 47.7 Å². The molecule has 0 unspecified atom stereocenters. The molecule has 32 heavy (non-hydrogen) atoms. The highest BCUT2D eigenvalue weighted by molar-refractivity contribution is 5.94. The summed E-state index contributed by atoms with van der Waals surface area (Å²) in [5, 5.41) is 10.9. The Bertz CT molecular complexity index is 1130. The maximum absolute atomic E-state index is 12.5. The molecule has 0 atom stereocenters. The monoisotopic (exact) mass is 440 g/mol. The number of ether oxygens (including phenoxy) is 5. The van der Waals surface area contributed by atoms with Crippen molar-refractivity contribution in [3.63, 3.8) is 0 Å². The number of hydrogen-bond acceptors (Lipinski definition) is 8. The Kier molecular flexibility index (Phi) is 7.17. The van der Waals surface area contributed by atoms with E-state index in [0.717, 1.165) is 5.56 Å². The predicted octanol–water partition coefficient (Wildman–Crippen LogP) is 2.88. The van der Waals surface area contributed by atoms with E-state index < -0.39 is 5.91 Å². The third kappa shape index (κ3) is 4.59. The molecule has 0 aliphatic heterocycles. The number of carbonyl (C=O) groups excluding carboxylic acids is 1. The normalized spacial score (nSPS) is 10.7. The molecule has 1 aromatic heterocycles. The molecule has 0 radical (unpaired) electrons. The van der Waals surface area contributed by atoms with E-state index in [4.69, 9.17) is 23.7 Å². The zero-order valence-electron chi connectivity index (χ0n) is 18.4. The molecule has 10 heteroatoms. The molecule has 1 heterocycles. The van der Waals surface area contributed by atoms with Crippen molar-refractivity contribution in [1.82, 2.24) is 15.6 Å². The fraction of sp³-hybridized carbons (Fsp3) is 0.227. The minimum atomic E-state index is -0.458. The summed E-state index contributed by atoms with van der Waals surface area (Å²) in [6.07, 6.45) is 1.45. The van der Waals surface area contributed by atoms with E-state index in [9.17, 15) is 4.79 Å². The van der Waals surface area contributed by atoms with Crippen molar-refractivity contribution in [2.45, 2.75) is 0 Å². The van der Waals surface area contributed by atoms with E-state index in [-0.39, 0.29) is 5.69 Å². The molecule has 0 fully saturated rings. The van der Waals surface area contributed by atoms with Gasteiger partial charge < -0.3 is 23.7 Å². The average molecular weight is 440 g/mol. The quantitative estimate of drug-likeness (QED) is 0.388. The highest BCUT2D eigenvalue weighted by Gasteiger charge is 2.15. The van der Waals surface area contributed by atoms with Gasteiger partial charge in [0.15, 0.2) is 23.0 Å². The summed E-state index contributed by atoms with van der Waals surface area (Å²) in [7, 11) is 7.67. The standard InChI is InChI=1S/C22H24N4O6/c1-28-17-8-6-13(10-19(17)30-3)15-11-16(25-24-15)22(27)26-23-12-14-7-9-18(29-2)21(32-5)20(14)31-4/h6-12H,1-5H3,(H,24,25)(H,26,27)/b23-12-. The van der Waals surface area contributed by atoms with Crippen LogP contribution in [-0.2, 0) is 0 Å². The molecule has 1 amide bonds. The number of amides is 1. The first-order chi connectivity index (χ1) is 15.6. The van der Waals surface area contributed by atoms with Crippen LogP contribution in [0.25, 0.3) is 11.3 Å². The maximum atomic E-state index is 12.5. The van der Waals surface area contributed by atoms with Crippen molar-refractivity contribution in [3.8, 4) is 40.0 Å². The summed E-state index contributed by atoms with van der Waals surface area (Å²) in [5.41, 5.74) is 4.63. The van der Waals surface area contributed by atoms with Crippen molar-refractivity contribution >= 4 is 12.1 Å². The number of nitrogens with zero attached hydrogens (tertiary/aromatic N) is 2. The molecule has 2 N–H and O–H groups in total. The van der Waals surface area contributed by atoms with Crippen molar-refractivity contribution < 1.29 is 28.5 Å². The number of nitrogens with one attached hydrogen (secondary N) is 2. The van der Waals surface area contributed by atoms with Gasteiger partial charge in [-0.3, -0.25) is 9.89 Å². The van der Waals surface area contributed by atoms with Crippen LogP contribution in [0.1, 0.15) is 16.1 Å². The summed E-state index contributed by atoms with van der Waals surface area (Å²) in [6.45, 7) is 0. The molecule has 3 aromatic rings. The van der Waals surface area contributed by atoms with Gasteiger partial charge in [0.05, 0.1) is 47.5 Å². The molecule has 0 spiro atoms. The number of aromatic amines is 1. The summed E-state index contributed by atoms with van der Waals surface area (Å²) >= 11 is 0. The van der Waals surface area contributed by atoms with Crippen molar-refractivity contribution in [2.24, 2.45) is 5.10 Å². The van der Waals surface area contributed by atoms with Crippen LogP contribution in [0.2, 0.25) is 0 Å². The summed E-state index contributed by atoms with van der Waals surface area (Å²) < 4.78 is 26.5. The van der Waals surface area contributed by atoms with E-state index in [1.54, 1.807) is 44.6 Å². The predicted molar refractivity (Wildman–Crippen MR) is 118 cm³/mol. The van der Waals surface area contributed by atoms with E-state index in [2.05, 4.69) is 20.7 Å². The molecular weight excluding hydrogens is 416 g/mol. The second-order valence-corrected chi connectivity index (χ2v) is 6.36. The van der Waals surface area contributed by atoms with Gasteiger partial charge in [-0.2, -0.15) is 10.2 Å². The van der Waals surface area contributed by atoms with E-state index >= 15 is 0 Å². The second kappa shape index (κ2) is 10.2. The van der Waals surface area contributed by atoms with Crippen molar-refractivity contribution in [2.75, 3.05) is 35.5 Å². The smallest absolute Gasteiger partial charge is 0.289 e. The Morgan fingerprint density at radius 2 is 1.56 bits per heavy atom. The van der Waals surface area contributed by atoms with Gasteiger partial charge in [0.2, 0.25) is 5.75 Å². The zero-order chi connectivity index (χ0) is 23.1. The maximum Gasteiger partial charge on any atom is 0.289 e. The first kappa shape index (κ1) is 22.5. The minimum absolute atomic E-state index is 0.242.